The third kappa shape index (κ3) is 4.53. The zero-order valence-electron chi connectivity index (χ0n) is 17.6. The third-order valence-corrected chi connectivity index (χ3v) is 4.45. The molecule has 162 valence electrons. The third-order valence-electron chi connectivity index (χ3n) is 4.45. The fourth-order valence-electron chi connectivity index (χ4n) is 2.94. The van der Waals surface area contributed by atoms with E-state index < -0.39 is 0 Å². The molecule has 0 aliphatic rings. The second kappa shape index (κ2) is 9.65. The number of para-hydroxylation sites is 2. The fourth-order valence-corrected chi connectivity index (χ4v) is 2.94. The quantitative estimate of drug-likeness (QED) is 0.434. The summed E-state index contributed by atoms with van der Waals surface area (Å²) in [6.07, 6.45) is 2.65. The molecule has 0 saturated heterocycles. The lowest BCUT2D eigenvalue weighted by molar-refractivity contribution is 0.318. The Morgan fingerprint density at radius 2 is 1.81 bits per heavy atom. The van der Waals surface area contributed by atoms with E-state index in [1.54, 1.807) is 13.3 Å². The Balaban J connectivity index is 0.000000174. The molecule has 0 amide bonds. The van der Waals surface area contributed by atoms with Crippen LogP contribution in [0.25, 0.3) is 33.5 Å². The molecule has 5 rings (SSSR count). The van der Waals surface area contributed by atoms with Crippen LogP contribution >= 0.6 is 0 Å². The van der Waals surface area contributed by atoms with Crippen molar-refractivity contribution in [1.82, 2.24) is 35.3 Å². The van der Waals surface area contributed by atoms with Crippen LogP contribution in [-0.2, 0) is 0 Å². The largest absolute Gasteiger partial charge is 0.493 e. The van der Waals surface area contributed by atoms with Gasteiger partial charge in [0.05, 0.1) is 24.8 Å². The number of aromatic amines is 2. The number of ether oxygens (including phenoxy) is 2. The van der Waals surface area contributed by atoms with Gasteiger partial charge in [0.15, 0.2) is 5.52 Å². The van der Waals surface area contributed by atoms with Gasteiger partial charge in [-0.05, 0) is 24.6 Å². The van der Waals surface area contributed by atoms with Crippen LogP contribution in [0.3, 0.4) is 0 Å². The van der Waals surface area contributed by atoms with Crippen LogP contribution in [0.15, 0.2) is 59.5 Å². The normalized spacial score (nSPS) is 10.6. The Morgan fingerprint density at radius 3 is 2.66 bits per heavy atom. The number of methoxy groups -OCH3 is 1. The molecule has 3 aromatic heterocycles. The highest BCUT2D eigenvalue weighted by atomic mass is 16.5. The van der Waals surface area contributed by atoms with Gasteiger partial charge in [0.25, 0.3) is 5.56 Å². The van der Waals surface area contributed by atoms with Gasteiger partial charge in [-0.1, -0.05) is 37.3 Å². The van der Waals surface area contributed by atoms with Crippen molar-refractivity contribution in [2.45, 2.75) is 13.3 Å². The number of H-pyrrole nitrogens is 2. The number of hydrogen-bond donors (Lipinski definition) is 2. The molecule has 0 bridgehead atoms. The summed E-state index contributed by atoms with van der Waals surface area (Å²) < 4.78 is 10.6. The first-order valence-electron chi connectivity index (χ1n) is 9.98. The van der Waals surface area contributed by atoms with E-state index >= 15 is 0 Å². The predicted octanol–water partition coefficient (Wildman–Crippen LogP) is 3.14. The Labute approximate surface area is 182 Å². The predicted molar refractivity (Wildman–Crippen MR) is 120 cm³/mol. The van der Waals surface area contributed by atoms with Crippen molar-refractivity contribution in [3.63, 3.8) is 0 Å². The number of rotatable bonds is 5. The van der Waals surface area contributed by atoms with Gasteiger partial charge in [0.2, 0.25) is 5.65 Å². The molecule has 32 heavy (non-hydrogen) atoms. The van der Waals surface area contributed by atoms with E-state index in [9.17, 15) is 4.79 Å². The van der Waals surface area contributed by atoms with Crippen molar-refractivity contribution in [1.29, 1.82) is 0 Å². The second-order valence-corrected chi connectivity index (χ2v) is 6.67. The second-order valence-electron chi connectivity index (χ2n) is 6.67. The maximum absolute atomic E-state index is 11.9. The number of benzene rings is 2. The van der Waals surface area contributed by atoms with Crippen molar-refractivity contribution in [3.05, 3.63) is 65.1 Å². The summed E-state index contributed by atoms with van der Waals surface area (Å²) in [7, 11) is 1.56. The first-order valence-corrected chi connectivity index (χ1v) is 9.98. The molecule has 0 radical (unpaired) electrons. The van der Waals surface area contributed by atoms with Gasteiger partial charge in [-0.3, -0.25) is 4.79 Å². The molecule has 0 unspecified atom stereocenters. The Kier molecular flexibility index (Phi) is 6.30. The minimum atomic E-state index is -0.330. The lowest BCUT2D eigenvalue weighted by Crippen LogP contribution is -2.10. The highest BCUT2D eigenvalue weighted by molar-refractivity contribution is 5.77. The smallest absolute Gasteiger partial charge is 0.316 e. The van der Waals surface area contributed by atoms with Gasteiger partial charge in [-0.25, -0.2) is 9.97 Å². The number of nitrogens with zero attached hydrogens (tertiary/aromatic N) is 5. The molecular formula is C22H21N7O3. The van der Waals surface area contributed by atoms with Crippen LogP contribution in [0, 0.1) is 0 Å². The van der Waals surface area contributed by atoms with Gasteiger partial charge >= 0.3 is 6.01 Å². The summed E-state index contributed by atoms with van der Waals surface area (Å²) in [6.45, 7) is 2.64. The monoisotopic (exact) mass is 431 g/mol. The molecule has 0 fully saturated rings. The molecule has 0 spiro atoms. The number of aromatic nitrogens is 7. The topological polar surface area (TPSA) is 132 Å². The minimum absolute atomic E-state index is 0.195. The summed E-state index contributed by atoms with van der Waals surface area (Å²) in [5, 5.41) is 11.0. The van der Waals surface area contributed by atoms with E-state index in [4.69, 9.17) is 9.47 Å². The fraction of sp³-hybridized carbons (Fsp3) is 0.182. The van der Waals surface area contributed by atoms with Crippen LogP contribution < -0.4 is 15.0 Å². The van der Waals surface area contributed by atoms with Gasteiger partial charge in [0.1, 0.15) is 11.6 Å². The Bertz CT molecular complexity index is 1400. The molecule has 10 nitrogen and oxygen atoms in total. The van der Waals surface area contributed by atoms with Crippen LogP contribution in [0.1, 0.15) is 13.3 Å². The molecule has 0 aliphatic heterocycles. The van der Waals surface area contributed by atoms with Gasteiger partial charge < -0.3 is 14.5 Å². The summed E-state index contributed by atoms with van der Waals surface area (Å²) in [4.78, 5) is 27.0. The first-order chi connectivity index (χ1) is 15.7. The standard InChI is InChI=1S/C13H13N5O2.C9H8N2O/c1-2-7-20-9-6-4-3-5-8(9)11-14-12-10(13(19)15-11)16-18-17-12;1-12-9-10-6-7-4-2-3-5-8(7)11-9/h3-6H,2,7H2,1H3,(H2,14,15,16,17,18,19);2-6H,1H3. The van der Waals surface area contributed by atoms with Gasteiger partial charge in [-0.2, -0.15) is 10.2 Å². The van der Waals surface area contributed by atoms with Crippen LogP contribution in [-0.4, -0.2) is 49.1 Å². The zero-order valence-corrected chi connectivity index (χ0v) is 17.6. The molecule has 0 aliphatic carbocycles. The summed E-state index contributed by atoms with van der Waals surface area (Å²) in [5.74, 6) is 1.10. The van der Waals surface area contributed by atoms with Gasteiger partial charge in [-0.15, -0.1) is 10.2 Å². The van der Waals surface area contributed by atoms with Crippen molar-refractivity contribution in [3.8, 4) is 23.1 Å². The van der Waals surface area contributed by atoms with Crippen molar-refractivity contribution in [2.75, 3.05) is 13.7 Å². The molecule has 10 heteroatoms. The minimum Gasteiger partial charge on any atom is -0.493 e. The maximum atomic E-state index is 11.9. The van der Waals surface area contributed by atoms with Crippen LogP contribution in [0.5, 0.6) is 11.8 Å². The van der Waals surface area contributed by atoms with Crippen molar-refractivity contribution in [2.24, 2.45) is 0 Å². The van der Waals surface area contributed by atoms with E-state index in [2.05, 4.69) is 35.3 Å². The summed E-state index contributed by atoms with van der Waals surface area (Å²) >= 11 is 0. The average Bonchev–Trinajstić information content (AvgIpc) is 3.32. The van der Waals surface area contributed by atoms with Crippen LogP contribution in [0.4, 0.5) is 0 Å². The van der Waals surface area contributed by atoms with E-state index in [0.29, 0.717) is 24.2 Å². The molecule has 5 aromatic rings. The van der Waals surface area contributed by atoms with Crippen molar-refractivity contribution < 1.29 is 9.47 Å². The summed E-state index contributed by atoms with van der Waals surface area (Å²) in [5.41, 5.74) is 1.78. The molecule has 0 saturated carbocycles. The molecule has 2 aromatic carbocycles. The van der Waals surface area contributed by atoms with E-state index in [0.717, 1.165) is 22.9 Å². The molecule has 0 atom stereocenters. The first kappa shape index (κ1) is 20.9. The molecule has 2 N–H and O–H groups in total. The van der Waals surface area contributed by atoms with E-state index in [-0.39, 0.29) is 16.7 Å². The number of nitrogens with one attached hydrogen (secondary N) is 2. The average molecular weight is 431 g/mol. The highest BCUT2D eigenvalue weighted by Gasteiger charge is 2.12. The lowest BCUT2D eigenvalue weighted by Gasteiger charge is -2.09. The van der Waals surface area contributed by atoms with E-state index in [1.165, 1.54) is 0 Å². The maximum Gasteiger partial charge on any atom is 0.316 e. The SMILES string of the molecule is CCCOc1ccccc1-c1nc2n[nH]nc2c(=O)[nH]1.COc1ncc2ccccc2n1. The number of hydrogen-bond acceptors (Lipinski definition) is 8. The highest BCUT2D eigenvalue weighted by Crippen LogP contribution is 2.27. The van der Waals surface area contributed by atoms with E-state index in [1.807, 2.05) is 55.5 Å². The molecule has 3 heterocycles. The van der Waals surface area contributed by atoms with Crippen molar-refractivity contribution >= 4 is 22.1 Å². The lowest BCUT2D eigenvalue weighted by atomic mass is 10.2. The Hall–Kier alpha value is -4.34. The number of fused-ring (bicyclic) bond motifs is 2. The van der Waals surface area contributed by atoms with Crippen LogP contribution in [0.2, 0.25) is 0 Å². The zero-order chi connectivity index (χ0) is 22.3. The Morgan fingerprint density at radius 1 is 1.00 bits per heavy atom. The van der Waals surface area contributed by atoms with Gasteiger partial charge in [0, 0.05) is 11.6 Å². The summed E-state index contributed by atoms with van der Waals surface area (Å²) in [6, 6.07) is 15.6. The molecular weight excluding hydrogens is 410 g/mol.